The van der Waals surface area contributed by atoms with Crippen LogP contribution in [0.2, 0.25) is 0 Å². The van der Waals surface area contributed by atoms with Gasteiger partial charge in [0.15, 0.2) is 11.5 Å². The van der Waals surface area contributed by atoms with Crippen LogP contribution in [0.4, 0.5) is 5.69 Å². The molecule has 0 spiro atoms. The van der Waals surface area contributed by atoms with Gasteiger partial charge in [-0.3, -0.25) is 14.9 Å². The molecular formula is C25H26N4O5S. The zero-order valence-electron chi connectivity index (χ0n) is 20.2. The minimum atomic E-state index is -0.577. The molecule has 35 heavy (non-hydrogen) atoms. The number of para-hydroxylation sites is 1. The molecule has 2 heterocycles. The van der Waals surface area contributed by atoms with Crippen LogP contribution < -0.4 is 15.0 Å². The van der Waals surface area contributed by atoms with Crippen LogP contribution in [0.15, 0.2) is 46.2 Å². The first kappa shape index (κ1) is 24.2. The lowest BCUT2D eigenvalue weighted by molar-refractivity contribution is 0.0601. The Morgan fingerprint density at radius 3 is 2.51 bits per heavy atom. The highest BCUT2D eigenvalue weighted by atomic mass is 32.1. The molecule has 1 N–H and O–H groups in total. The van der Waals surface area contributed by atoms with E-state index in [4.69, 9.17) is 14.2 Å². The van der Waals surface area contributed by atoms with Gasteiger partial charge in [0.05, 0.1) is 54.1 Å². The first-order valence-corrected chi connectivity index (χ1v) is 11.8. The van der Waals surface area contributed by atoms with Crippen molar-refractivity contribution in [2.75, 3.05) is 21.3 Å². The quantitative estimate of drug-likeness (QED) is 0.282. The van der Waals surface area contributed by atoms with Gasteiger partial charge in [-0.15, -0.1) is 0 Å². The third kappa shape index (κ3) is 4.57. The number of hydrogen-bond acceptors (Lipinski definition) is 8. The van der Waals surface area contributed by atoms with Crippen molar-refractivity contribution in [2.45, 2.75) is 26.7 Å². The van der Waals surface area contributed by atoms with E-state index in [1.807, 2.05) is 31.2 Å². The number of nitrogens with one attached hydrogen (secondary N) is 1. The molecule has 2 aromatic heterocycles. The third-order valence-corrected chi connectivity index (χ3v) is 6.52. The van der Waals surface area contributed by atoms with E-state index >= 15 is 0 Å². The lowest BCUT2D eigenvalue weighted by Gasteiger charge is -2.12. The van der Waals surface area contributed by atoms with Crippen molar-refractivity contribution in [3.63, 3.8) is 0 Å². The highest BCUT2D eigenvalue weighted by Gasteiger charge is 2.22. The number of aliphatic imine (C=N–C) groups is 1. The van der Waals surface area contributed by atoms with E-state index in [0.29, 0.717) is 40.0 Å². The Bertz CT molecular complexity index is 1450. The molecule has 10 heteroatoms. The van der Waals surface area contributed by atoms with Crippen molar-refractivity contribution in [3.8, 4) is 16.6 Å². The van der Waals surface area contributed by atoms with Crippen molar-refractivity contribution in [1.82, 2.24) is 14.8 Å². The van der Waals surface area contributed by atoms with Gasteiger partial charge in [0.25, 0.3) is 5.56 Å². The minimum absolute atomic E-state index is 0.198. The van der Waals surface area contributed by atoms with Crippen molar-refractivity contribution in [1.29, 1.82) is 0 Å². The molecule has 0 atom stereocenters. The van der Waals surface area contributed by atoms with Crippen LogP contribution in [-0.2, 0) is 11.2 Å². The number of fused-ring (bicyclic) bond motifs is 1. The summed E-state index contributed by atoms with van der Waals surface area (Å²) >= 11 is 1.43. The van der Waals surface area contributed by atoms with Gasteiger partial charge in [0.1, 0.15) is 0 Å². The molecule has 0 saturated carbocycles. The fourth-order valence-corrected chi connectivity index (χ4v) is 4.77. The van der Waals surface area contributed by atoms with E-state index in [-0.39, 0.29) is 11.1 Å². The molecule has 0 saturated heterocycles. The molecular weight excluding hydrogens is 468 g/mol. The normalized spacial score (nSPS) is 11.6. The summed E-state index contributed by atoms with van der Waals surface area (Å²) in [5.41, 5.74) is 2.71. The monoisotopic (exact) mass is 494 g/mol. The van der Waals surface area contributed by atoms with Crippen LogP contribution in [-0.4, -0.2) is 47.8 Å². The molecule has 0 unspecified atom stereocenters. The second kappa shape index (κ2) is 10.1. The largest absolute Gasteiger partial charge is 0.493 e. The summed E-state index contributed by atoms with van der Waals surface area (Å²) < 4.78 is 18.1. The summed E-state index contributed by atoms with van der Waals surface area (Å²) in [5, 5.41) is 3.77. The van der Waals surface area contributed by atoms with Crippen molar-refractivity contribution in [3.05, 3.63) is 63.6 Å². The van der Waals surface area contributed by atoms with E-state index in [2.05, 4.69) is 15.1 Å². The van der Waals surface area contributed by atoms with Crippen molar-refractivity contribution >= 4 is 38.9 Å². The molecule has 0 bridgehead atoms. The van der Waals surface area contributed by atoms with Gasteiger partial charge < -0.3 is 14.2 Å². The van der Waals surface area contributed by atoms with E-state index in [0.717, 1.165) is 22.3 Å². The number of carbonyl (C=O) groups is 1. The number of carbonyl (C=O) groups excluding carboxylic acids is 1. The van der Waals surface area contributed by atoms with E-state index in [1.54, 1.807) is 13.0 Å². The lowest BCUT2D eigenvalue weighted by Crippen LogP contribution is -2.19. The summed E-state index contributed by atoms with van der Waals surface area (Å²) in [6.45, 7) is 3.78. The fourth-order valence-electron chi connectivity index (χ4n) is 3.85. The number of aromatic nitrogens is 3. The summed E-state index contributed by atoms with van der Waals surface area (Å²) in [7, 11) is 4.27. The Kier molecular flexibility index (Phi) is 7.02. The van der Waals surface area contributed by atoms with Crippen molar-refractivity contribution < 1.29 is 19.0 Å². The highest BCUT2D eigenvalue weighted by Crippen LogP contribution is 2.35. The summed E-state index contributed by atoms with van der Waals surface area (Å²) in [6, 6.07) is 10.8. The number of hydrogen-bond donors (Lipinski definition) is 1. The Hall–Kier alpha value is -3.92. The number of H-pyrrole nitrogens is 1. The maximum atomic E-state index is 13.6. The van der Waals surface area contributed by atoms with Crippen LogP contribution in [0.5, 0.6) is 11.5 Å². The highest BCUT2D eigenvalue weighted by molar-refractivity contribution is 7.20. The molecule has 182 valence electrons. The average molecular weight is 495 g/mol. The maximum absolute atomic E-state index is 13.6. The second-order valence-corrected chi connectivity index (χ2v) is 8.74. The number of methoxy groups -OCH3 is 3. The number of esters is 1. The molecule has 0 amide bonds. The molecule has 0 aliphatic carbocycles. The van der Waals surface area contributed by atoms with Gasteiger partial charge in [-0.05, 0) is 25.5 Å². The number of nitrogens with zero attached hydrogens (tertiary/aromatic N) is 3. The smallest absolute Gasteiger partial charge is 0.340 e. The first-order valence-electron chi connectivity index (χ1n) is 11.0. The Labute approximate surface area is 206 Å². The van der Waals surface area contributed by atoms with Gasteiger partial charge in [-0.25, -0.2) is 9.78 Å². The first-order chi connectivity index (χ1) is 16.9. The van der Waals surface area contributed by atoms with E-state index in [1.165, 1.54) is 43.4 Å². The average Bonchev–Trinajstić information content (AvgIpc) is 3.44. The minimum Gasteiger partial charge on any atom is -0.493 e. The van der Waals surface area contributed by atoms with Crippen LogP contribution in [0.3, 0.4) is 0 Å². The van der Waals surface area contributed by atoms with Crippen LogP contribution >= 0.6 is 11.3 Å². The zero-order chi connectivity index (χ0) is 25.1. The topological polar surface area (TPSA) is 108 Å². The Balaban J connectivity index is 1.88. The molecule has 9 nitrogen and oxygen atoms in total. The third-order valence-electron chi connectivity index (χ3n) is 5.50. The van der Waals surface area contributed by atoms with Gasteiger partial charge in [0, 0.05) is 17.8 Å². The van der Waals surface area contributed by atoms with Gasteiger partial charge in [0.2, 0.25) is 5.13 Å². The SMILES string of the molecule is CCCc1[nH]n(-c2nc3ccccc3s2)c(=O)c1C(C)=Nc1cc(OC)c(OC)cc1C(=O)OC. The second-order valence-electron chi connectivity index (χ2n) is 7.73. The Morgan fingerprint density at radius 1 is 1.14 bits per heavy atom. The number of aryl methyl sites for hydroxylation is 1. The molecule has 2 aromatic carbocycles. The van der Waals surface area contributed by atoms with Gasteiger partial charge in [-0.2, -0.15) is 4.68 Å². The summed E-state index contributed by atoms with van der Waals surface area (Å²) in [5.74, 6) is 0.199. The molecule has 0 aliphatic heterocycles. The van der Waals surface area contributed by atoms with Gasteiger partial charge in [-0.1, -0.05) is 36.8 Å². The Morgan fingerprint density at radius 2 is 1.86 bits per heavy atom. The molecule has 0 radical (unpaired) electrons. The molecule has 4 rings (SSSR count). The van der Waals surface area contributed by atoms with E-state index in [9.17, 15) is 9.59 Å². The summed E-state index contributed by atoms with van der Waals surface area (Å²) in [4.78, 5) is 35.3. The molecule has 0 aliphatic rings. The number of benzene rings is 2. The van der Waals surface area contributed by atoms with Crippen LogP contribution in [0.1, 0.15) is 41.9 Å². The maximum Gasteiger partial charge on any atom is 0.340 e. The number of thiazole rings is 1. The lowest BCUT2D eigenvalue weighted by atomic mass is 10.1. The fraction of sp³-hybridized carbons (Fsp3) is 0.280. The van der Waals surface area contributed by atoms with Crippen molar-refractivity contribution in [2.24, 2.45) is 4.99 Å². The number of aromatic amines is 1. The number of ether oxygens (including phenoxy) is 3. The zero-order valence-corrected chi connectivity index (χ0v) is 21.0. The summed E-state index contributed by atoms with van der Waals surface area (Å²) in [6.07, 6.45) is 1.47. The van der Waals surface area contributed by atoms with E-state index < -0.39 is 5.97 Å². The molecule has 4 aromatic rings. The molecule has 0 fully saturated rings. The predicted molar refractivity (Wildman–Crippen MR) is 136 cm³/mol. The number of rotatable bonds is 8. The predicted octanol–water partition coefficient (Wildman–Crippen LogP) is 4.67. The van der Waals surface area contributed by atoms with Gasteiger partial charge >= 0.3 is 5.97 Å². The van der Waals surface area contributed by atoms with Crippen LogP contribution in [0, 0.1) is 0 Å². The van der Waals surface area contributed by atoms with Crippen LogP contribution in [0.25, 0.3) is 15.3 Å². The standard InChI is InChI=1S/C25H26N4O5S/c1-6-9-17-22(23(30)29(28-17)25-27-16-10-7-8-11-21(16)35-25)14(2)26-18-13-20(33-4)19(32-3)12-15(18)24(31)34-5/h7-8,10-13,28H,6,9H2,1-5H3.